The molecule has 0 fully saturated rings. The second kappa shape index (κ2) is 6.40. The van der Waals surface area contributed by atoms with Gasteiger partial charge in [-0.05, 0) is 43.5 Å². The molecule has 0 radical (unpaired) electrons. The van der Waals surface area contributed by atoms with Gasteiger partial charge >= 0.3 is 5.97 Å². The van der Waals surface area contributed by atoms with Crippen LogP contribution in [0.3, 0.4) is 0 Å². The molecule has 1 atom stereocenters. The Balaban J connectivity index is 1.69. The van der Waals surface area contributed by atoms with Crippen LogP contribution < -0.4 is 4.74 Å². The number of carbonyl (C=O) groups is 1. The molecule has 2 heterocycles. The molecule has 1 aliphatic heterocycles. The largest absolute Gasteiger partial charge is 0.486 e. The van der Waals surface area contributed by atoms with Gasteiger partial charge in [-0.1, -0.05) is 6.07 Å². The van der Waals surface area contributed by atoms with Gasteiger partial charge in [-0.3, -0.25) is 4.79 Å². The summed E-state index contributed by atoms with van der Waals surface area (Å²) in [6.45, 7) is 5.18. The molecule has 6 nitrogen and oxygen atoms in total. The third-order valence-corrected chi connectivity index (χ3v) is 4.13. The van der Waals surface area contributed by atoms with Crippen molar-refractivity contribution >= 4 is 5.97 Å². The van der Waals surface area contributed by atoms with Crippen molar-refractivity contribution in [3.05, 3.63) is 41.0 Å². The van der Waals surface area contributed by atoms with E-state index >= 15 is 0 Å². The third kappa shape index (κ3) is 3.36. The number of aryl methyl sites for hydroxylation is 2. The fourth-order valence-electron chi connectivity index (χ4n) is 3.03. The molecule has 0 bridgehead atoms. The Morgan fingerprint density at radius 2 is 2.00 bits per heavy atom. The number of methoxy groups -OCH3 is 1. The molecule has 1 unspecified atom stereocenters. The lowest BCUT2D eigenvalue weighted by molar-refractivity contribution is -0.146. The fraction of sp³-hybridized carbons (Fsp3) is 0.471. The number of benzene rings is 1. The quantitative estimate of drug-likeness (QED) is 0.809. The summed E-state index contributed by atoms with van der Waals surface area (Å²) in [7, 11) is 1.42. The monoisotopic (exact) mass is 315 g/mol. The van der Waals surface area contributed by atoms with E-state index in [0.717, 1.165) is 23.8 Å². The van der Waals surface area contributed by atoms with Gasteiger partial charge in [0.15, 0.2) is 5.82 Å². The Kier molecular flexibility index (Phi) is 4.32. The maximum atomic E-state index is 11.7. The van der Waals surface area contributed by atoms with Crippen LogP contribution in [-0.4, -0.2) is 27.8 Å². The van der Waals surface area contributed by atoms with Crippen molar-refractivity contribution in [2.75, 3.05) is 7.11 Å². The van der Waals surface area contributed by atoms with Crippen molar-refractivity contribution in [1.82, 2.24) is 14.8 Å². The molecule has 3 rings (SSSR count). The summed E-state index contributed by atoms with van der Waals surface area (Å²) in [6, 6.07) is 6.13. The van der Waals surface area contributed by atoms with Crippen molar-refractivity contribution < 1.29 is 14.3 Å². The fourth-order valence-corrected chi connectivity index (χ4v) is 3.03. The number of fused-ring (bicyclic) bond motifs is 1. The van der Waals surface area contributed by atoms with Crippen LogP contribution in [0.5, 0.6) is 5.75 Å². The molecule has 1 aromatic carbocycles. The molecule has 2 aromatic rings. The minimum atomic E-state index is -0.174. The van der Waals surface area contributed by atoms with E-state index in [-0.39, 0.29) is 11.9 Å². The van der Waals surface area contributed by atoms with Gasteiger partial charge < -0.3 is 14.0 Å². The second-order valence-corrected chi connectivity index (χ2v) is 6.01. The lowest BCUT2D eigenvalue weighted by Crippen LogP contribution is -2.27. The van der Waals surface area contributed by atoms with E-state index in [1.54, 1.807) is 0 Å². The lowest BCUT2D eigenvalue weighted by Gasteiger charge is -2.21. The topological polar surface area (TPSA) is 66.2 Å². The van der Waals surface area contributed by atoms with Crippen LogP contribution in [0, 0.1) is 19.8 Å². The standard InChI is InChI=1S/C17H21N3O3/c1-11-6-12(2)8-14(7-11)23-10-16-19-18-15-9-13(17(21)22-3)4-5-20(15)16/h6-8,13H,4-5,9-10H2,1-3H3. The number of rotatable bonds is 4. The molecular weight excluding hydrogens is 294 g/mol. The Morgan fingerprint density at radius 3 is 2.70 bits per heavy atom. The average Bonchev–Trinajstić information content (AvgIpc) is 2.93. The molecule has 0 saturated carbocycles. The van der Waals surface area contributed by atoms with E-state index < -0.39 is 0 Å². The van der Waals surface area contributed by atoms with E-state index in [1.807, 2.05) is 30.5 Å². The lowest BCUT2D eigenvalue weighted by atomic mass is 9.98. The number of carbonyl (C=O) groups excluding carboxylic acids is 1. The van der Waals surface area contributed by atoms with Crippen LogP contribution in [0.25, 0.3) is 0 Å². The zero-order valence-electron chi connectivity index (χ0n) is 13.7. The maximum absolute atomic E-state index is 11.7. The first kappa shape index (κ1) is 15.5. The normalized spacial score (nSPS) is 16.7. The highest BCUT2D eigenvalue weighted by Gasteiger charge is 2.28. The van der Waals surface area contributed by atoms with Crippen LogP contribution in [-0.2, 0) is 29.1 Å². The Hall–Kier alpha value is -2.37. The van der Waals surface area contributed by atoms with Gasteiger partial charge in [-0.2, -0.15) is 0 Å². The molecule has 0 spiro atoms. The van der Waals surface area contributed by atoms with Gasteiger partial charge in [0.25, 0.3) is 0 Å². The maximum Gasteiger partial charge on any atom is 0.309 e. The molecule has 0 saturated heterocycles. The van der Waals surface area contributed by atoms with Crippen molar-refractivity contribution in [1.29, 1.82) is 0 Å². The summed E-state index contributed by atoms with van der Waals surface area (Å²) in [5.74, 6) is 2.16. The van der Waals surface area contributed by atoms with E-state index in [9.17, 15) is 4.79 Å². The molecule has 1 aliphatic rings. The van der Waals surface area contributed by atoms with Gasteiger partial charge in [0.2, 0.25) is 0 Å². The van der Waals surface area contributed by atoms with Gasteiger partial charge in [-0.15, -0.1) is 10.2 Å². The summed E-state index contributed by atoms with van der Waals surface area (Å²) in [4.78, 5) is 11.7. The summed E-state index contributed by atoms with van der Waals surface area (Å²) in [5, 5.41) is 8.41. The average molecular weight is 315 g/mol. The molecule has 0 amide bonds. The molecule has 122 valence electrons. The molecule has 6 heteroatoms. The zero-order valence-corrected chi connectivity index (χ0v) is 13.7. The molecular formula is C17H21N3O3. The van der Waals surface area contributed by atoms with E-state index in [1.165, 1.54) is 18.2 Å². The van der Waals surface area contributed by atoms with Crippen LogP contribution in [0.4, 0.5) is 0 Å². The van der Waals surface area contributed by atoms with Crippen molar-refractivity contribution in [3.8, 4) is 5.75 Å². The van der Waals surface area contributed by atoms with Crippen LogP contribution in [0.1, 0.15) is 29.2 Å². The van der Waals surface area contributed by atoms with Gasteiger partial charge in [-0.25, -0.2) is 0 Å². The number of nitrogens with zero attached hydrogens (tertiary/aromatic N) is 3. The zero-order chi connectivity index (χ0) is 16.4. The highest BCUT2D eigenvalue weighted by atomic mass is 16.5. The Morgan fingerprint density at radius 1 is 1.26 bits per heavy atom. The van der Waals surface area contributed by atoms with Gasteiger partial charge in [0.05, 0.1) is 13.0 Å². The summed E-state index contributed by atoms with van der Waals surface area (Å²) >= 11 is 0. The van der Waals surface area contributed by atoms with E-state index in [4.69, 9.17) is 9.47 Å². The van der Waals surface area contributed by atoms with Crippen LogP contribution in [0.2, 0.25) is 0 Å². The highest BCUT2D eigenvalue weighted by molar-refractivity contribution is 5.72. The van der Waals surface area contributed by atoms with Crippen LogP contribution in [0.15, 0.2) is 18.2 Å². The van der Waals surface area contributed by atoms with Crippen molar-refractivity contribution in [2.24, 2.45) is 5.92 Å². The predicted molar refractivity (Wildman–Crippen MR) is 84.1 cm³/mol. The van der Waals surface area contributed by atoms with Gasteiger partial charge in [0.1, 0.15) is 18.2 Å². The Bertz CT molecular complexity index is 704. The molecule has 0 N–H and O–H groups in total. The minimum absolute atomic E-state index is 0.120. The van der Waals surface area contributed by atoms with Crippen molar-refractivity contribution in [2.45, 2.75) is 39.8 Å². The second-order valence-electron chi connectivity index (χ2n) is 6.01. The van der Waals surface area contributed by atoms with Gasteiger partial charge in [0, 0.05) is 13.0 Å². The number of aromatic nitrogens is 3. The van der Waals surface area contributed by atoms with E-state index in [2.05, 4.69) is 16.3 Å². The highest BCUT2D eigenvalue weighted by Crippen LogP contribution is 2.22. The Labute approximate surface area is 135 Å². The third-order valence-electron chi connectivity index (χ3n) is 4.13. The summed E-state index contributed by atoms with van der Waals surface area (Å²) in [5.41, 5.74) is 2.34. The SMILES string of the molecule is COC(=O)C1CCn2c(COc3cc(C)cc(C)c3)nnc2C1. The summed E-state index contributed by atoms with van der Waals surface area (Å²) in [6.07, 6.45) is 1.32. The molecule has 1 aromatic heterocycles. The predicted octanol–water partition coefficient (Wildman–Crippen LogP) is 2.21. The first-order valence-corrected chi connectivity index (χ1v) is 7.76. The number of hydrogen-bond donors (Lipinski definition) is 0. The molecule has 0 aliphatic carbocycles. The minimum Gasteiger partial charge on any atom is -0.486 e. The van der Waals surface area contributed by atoms with E-state index in [0.29, 0.717) is 19.6 Å². The number of esters is 1. The van der Waals surface area contributed by atoms with Crippen LogP contribution >= 0.6 is 0 Å². The number of ether oxygens (including phenoxy) is 2. The van der Waals surface area contributed by atoms with Crippen molar-refractivity contribution in [3.63, 3.8) is 0 Å². The first-order chi connectivity index (χ1) is 11.1. The molecule has 23 heavy (non-hydrogen) atoms. The summed E-state index contributed by atoms with van der Waals surface area (Å²) < 4.78 is 12.7. The number of hydrogen-bond acceptors (Lipinski definition) is 5. The smallest absolute Gasteiger partial charge is 0.309 e. The first-order valence-electron chi connectivity index (χ1n) is 7.76.